The molecule has 3 aromatic carbocycles. The lowest BCUT2D eigenvalue weighted by atomic mass is 10.1. The molecule has 0 atom stereocenters. The van der Waals surface area contributed by atoms with E-state index in [1.807, 2.05) is 91.2 Å². The minimum Gasteiger partial charge on any atom is -0.493 e. The highest BCUT2D eigenvalue weighted by atomic mass is 32.1. The molecule has 0 aliphatic rings. The topological polar surface area (TPSA) is 53.3 Å². The molecule has 0 saturated carbocycles. The van der Waals surface area contributed by atoms with Gasteiger partial charge in [-0.15, -0.1) is 11.3 Å². The SMILES string of the molecule is COc1ccc(C=Cc2nc3ccccc3c(=O)n2-c2ccc(C#Cc3cccs3)cc2C)cc1OC. The summed E-state index contributed by atoms with van der Waals surface area (Å²) in [5.41, 5.74) is 3.99. The summed E-state index contributed by atoms with van der Waals surface area (Å²) < 4.78 is 12.4. The van der Waals surface area contributed by atoms with Gasteiger partial charge in [0.15, 0.2) is 11.5 Å². The fraction of sp³-hybridized carbons (Fsp3) is 0.0968. The predicted octanol–water partition coefficient (Wildman–Crippen LogP) is 6.34. The second-order valence-corrected chi connectivity index (χ2v) is 9.25. The van der Waals surface area contributed by atoms with Gasteiger partial charge < -0.3 is 9.47 Å². The van der Waals surface area contributed by atoms with Gasteiger partial charge >= 0.3 is 0 Å². The van der Waals surface area contributed by atoms with Crippen molar-refractivity contribution in [2.45, 2.75) is 6.92 Å². The van der Waals surface area contributed by atoms with E-state index in [0.29, 0.717) is 28.2 Å². The molecule has 5 rings (SSSR count). The first-order chi connectivity index (χ1) is 18.1. The first-order valence-electron chi connectivity index (χ1n) is 11.7. The Labute approximate surface area is 219 Å². The van der Waals surface area contributed by atoms with Crippen LogP contribution in [-0.2, 0) is 0 Å². The third-order valence-corrected chi connectivity index (χ3v) is 6.71. The number of benzene rings is 3. The van der Waals surface area contributed by atoms with Crippen LogP contribution in [-0.4, -0.2) is 23.8 Å². The zero-order valence-electron chi connectivity index (χ0n) is 20.7. The Bertz CT molecular complexity index is 1740. The quantitative estimate of drug-likeness (QED) is 0.262. The zero-order valence-corrected chi connectivity index (χ0v) is 21.5. The van der Waals surface area contributed by atoms with E-state index in [1.165, 1.54) is 0 Å². The van der Waals surface area contributed by atoms with Gasteiger partial charge in [0.2, 0.25) is 0 Å². The molecule has 0 aliphatic heterocycles. The van der Waals surface area contributed by atoms with Crippen LogP contribution in [0.4, 0.5) is 0 Å². The average Bonchev–Trinajstić information content (AvgIpc) is 3.45. The van der Waals surface area contributed by atoms with Gasteiger partial charge in [0.25, 0.3) is 5.56 Å². The van der Waals surface area contributed by atoms with Gasteiger partial charge in [-0.25, -0.2) is 4.98 Å². The van der Waals surface area contributed by atoms with Crippen molar-refractivity contribution in [2.75, 3.05) is 14.2 Å². The predicted molar refractivity (Wildman–Crippen MR) is 151 cm³/mol. The maximum Gasteiger partial charge on any atom is 0.266 e. The van der Waals surface area contributed by atoms with E-state index in [9.17, 15) is 4.79 Å². The summed E-state index contributed by atoms with van der Waals surface area (Å²) in [6.07, 6.45) is 3.75. The van der Waals surface area contributed by atoms with Crippen molar-refractivity contribution in [1.82, 2.24) is 9.55 Å². The normalized spacial score (nSPS) is 10.9. The van der Waals surface area contributed by atoms with Gasteiger partial charge in [0, 0.05) is 5.56 Å². The van der Waals surface area contributed by atoms with Crippen molar-refractivity contribution in [1.29, 1.82) is 0 Å². The third-order valence-electron chi connectivity index (χ3n) is 5.92. The second-order valence-electron chi connectivity index (χ2n) is 8.30. The summed E-state index contributed by atoms with van der Waals surface area (Å²) in [6.45, 7) is 1.98. The zero-order chi connectivity index (χ0) is 25.8. The Morgan fingerprint density at radius 2 is 1.73 bits per heavy atom. The molecule has 5 aromatic rings. The van der Waals surface area contributed by atoms with Gasteiger partial charge in [0.1, 0.15) is 5.82 Å². The lowest BCUT2D eigenvalue weighted by molar-refractivity contribution is 0.355. The number of thiophene rings is 1. The van der Waals surface area contributed by atoms with Crippen LogP contribution in [0.1, 0.15) is 27.4 Å². The minimum absolute atomic E-state index is 0.127. The van der Waals surface area contributed by atoms with Crippen LogP contribution in [0.3, 0.4) is 0 Å². The molecular formula is C31H24N2O3S. The van der Waals surface area contributed by atoms with Crippen LogP contribution in [0.15, 0.2) is 83.0 Å². The maximum absolute atomic E-state index is 13.7. The molecule has 0 unspecified atom stereocenters. The smallest absolute Gasteiger partial charge is 0.266 e. The van der Waals surface area contributed by atoms with Crippen molar-refractivity contribution in [3.05, 3.63) is 116 Å². The molecule has 2 heterocycles. The highest BCUT2D eigenvalue weighted by molar-refractivity contribution is 7.10. The fourth-order valence-electron chi connectivity index (χ4n) is 4.09. The third kappa shape index (κ3) is 5.04. The summed E-state index contributed by atoms with van der Waals surface area (Å²) in [4.78, 5) is 19.5. The van der Waals surface area contributed by atoms with Crippen molar-refractivity contribution in [2.24, 2.45) is 0 Å². The molecule has 2 aromatic heterocycles. The van der Waals surface area contributed by atoms with E-state index in [0.717, 1.165) is 27.3 Å². The lowest BCUT2D eigenvalue weighted by Crippen LogP contribution is -2.23. The molecule has 6 heteroatoms. The first kappa shape index (κ1) is 24.1. The number of ether oxygens (including phenoxy) is 2. The highest BCUT2D eigenvalue weighted by Gasteiger charge is 2.13. The molecule has 0 aliphatic carbocycles. The summed E-state index contributed by atoms with van der Waals surface area (Å²) >= 11 is 1.61. The molecule has 0 spiro atoms. The van der Waals surface area contributed by atoms with E-state index in [2.05, 4.69) is 11.8 Å². The van der Waals surface area contributed by atoms with E-state index < -0.39 is 0 Å². The highest BCUT2D eigenvalue weighted by Crippen LogP contribution is 2.28. The molecule has 0 saturated heterocycles. The second kappa shape index (κ2) is 10.6. The van der Waals surface area contributed by atoms with Crippen molar-refractivity contribution >= 4 is 34.4 Å². The molecular weight excluding hydrogens is 480 g/mol. The summed E-state index contributed by atoms with van der Waals surface area (Å²) in [5, 5.41) is 2.57. The number of fused-ring (bicyclic) bond motifs is 1. The Balaban J connectivity index is 1.61. The number of aromatic nitrogens is 2. The number of methoxy groups -OCH3 is 2. The van der Waals surface area contributed by atoms with Crippen LogP contribution in [0, 0.1) is 18.8 Å². The number of aryl methyl sites for hydroxylation is 1. The summed E-state index contributed by atoms with van der Waals surface area (Å²) in [5.74, 6) is 8.21. The standard InChI is InChI=1S/C31H24N2O3S/c1-21-19-22(10-14-24-7-6-18-37-24)11-15-27(21)33-30(32-26-9-5-4-8-25(26)31(33)34)17-13-23-12-16-28(35-2)29(20-23)36-3/h4-9,11-13,15-20H,1-3H3. The van der Waals surface area contributed by atoms with E-state index in [4.69, 9.17) is 14.5 Å². The molecule has 0 N–H and O–H groups in total. The van der Waals surface area contributed by atoms with Crippen LogP contribution < -0.4 is 15.0 Å². The Morgan fingerprint density at radius 1 is 0.892 bits per heavy atom. The van der Waals surface area contributed by atoms with Crippen LogP contribution in [0.2, 0.25) is 0 Å². The van der Waals surface area contributed by atoms with E-state index in [-0.39, 0.29) is 5.56 Å². The number of hydrogen-bond donors (Lipinski definition) is 0. The molecule has 5 nitrogen and oxygen atoms in total. The van der Waals surface area contributed by atoms with E-state index >= 15 is 0 Å². The molecule has 0 fully saturated rings. The van der Waals surface area contributed by atoms with Gasteiger partial charge in [0.05, 0.1) is 35.7 Å². The van der Waals surface area contributed by atoms with Crippen molar-refractivity contribution in [3.63, 3.8) is 0 Å². The summed E-state index contributed by atoms with van der Waals surface area (Å²) in [7, 11) is 3.21. The minimum atomic E-state index is -0.127. The number of nitrogens with zero attached hydrogens (tertiary/aromatic N) is 2. The van der Waals surface area contributed by atoms with Crippen LogP contribution >= 0.6 is 11.3 Å². The van der Waals surface area contributed by atoms with Crippen LogP contribution in [0.5, 0.6) is 11.5 Å². The van der Waals surface area contributed by atoms with Crippen molar-refractivity contribution in [3.8, 4) is 29.0 Å². The number of rotatable bonds is 5. The molecule has 0 radical (unpaired) electrons. The van der Waals surface area contributed by atoms with Gasteiger partial charge in [-0.3, -0.25) is 9.36 Å². The molecule has 0 bridgehead atoms. The number of hydrogen-bond acceptors (Lipinski definition) is 5. The van der Waals surface area contributed by atoms with Gasteiger partial charge in [-0.1, -0.05) is 42.2 Å². The Hall–Kier alpha value is -4.60. The molecule has 37 heavy (non-hydrogen) atoms. The van der Waals surface area contributed by atoms with Gasteiger partial charge in [-0.05, 0) is 78.0 Å². The Morgan fingerprint density at radius 3 is 2.49 bits per heavy atom. The fourth-order valence-corrected chi connectivity index (χ4v) is 4.66. The average molecular weight is 505 g/mol. The van der Waals surface area contributed by atoms with Crippen molar-refractivity contribution < 1.29 is 9.47 Å². The monoisotopic (exact) mass is 504 g/mol. The lowest BCUT2D eigenvalue weighted by Gasteiger charge is -2.14. The Kier molecular flexibility index (Phi) is 6.89. The molecule has 182 valence electrons. The number of para-hydroxylation sites is 1. The first-order valence-corrected chi connectivity index (χ1v) is 12.5. The largest absolute Gasteiger partial charge is 0.493 e. The van der Waals surface area contributed by atoms with Gasteiger partial charge in [-0.2, -0.15) is 0 Å². The molecule has 0 amide bonds. The van der Waals surface area contributed by atoms with E-state index in [1.54, 1.807) is 36.2 Å². The van der Waals surface area contributed by atoms with Crippen LogP contribution in [0.25, 0.3) is 28.7 Å². The maximum atomic E-state index is 13.7. The summed E-state index contributed by atoms with van der Waals surface area (Å²) in [6, 6.07) is 22.9.